The van der Waals surface area contributed by atoms with E-state index in [9.17, 15) is 9.90 Å². The van der Waals surface area contributed by atoms with Crippen molar-refractivity contribution in [3.63, 3.8) is 0 Å². The molecule has 0 radical (unpaired) electrons. The van der Waals surface area contributed by atoms with Crippen molar-refractivity contribution in [3.05, 3.63) is 47.5 Å². The minimum Gasteiger partial charge on any atom is -0.461 e. The molecule has 0 spiro atoms. The minimum absolute atomic E-state index is 0.000589. The number of ether oxygens (including phenoxy) is 1. The highest BCUT2D eigenvalue weighted by molar-refractivity contribution is 5.76. The Morgan fingerprint density at radius 2 is 2.03 bits per heavy atom. The average Bonchev–Trinajstić information content (AvgIpc) is 2.99. The van der Waals surface area contributed by atoms with Crippen LogP contribution in [0, 0.1) is 23.2 Å². The Kier molecular flexibility index (Phi) is 5.60. The van der Waals surface area contributed by atoms with Crippen LogP contribution in [-0.4, -0.2) is 36.8 Å². The number of likely N-dealkylation sites (N-methyl/N-ethyl adjacent to an activating group) is 1. The number of hydrogen-bond donors (Lipinski definition) is 2. The summed E-state index contributed by atoms with van der Waals surface area (Å²) in [4.78, 5) is 14.0. The molecule has 1 heterocycles. The second kappa shape index (κ2) is 7.88. The number of fused-ring (bicyclic) bond motifs is 2. The van der Waals surface area contributed by atoms with Gasteiger partial charge >= 0.3 is 5.97 Å². The van der Waals surface area contributed by atoms with Gasteiger partial charge in [-0.1, -0.05) is 62.2 Å². The smallest absolute Gasteiger partial charge is 0.315 e. The van der Waals surface area contributed by atoms with Crippen LogP contribution in [0.25, 0.3) is 0 Å². The van der Waals surface area contributed by atoms with Gasteiger partial charge in [-0.25, -0.2) is 0 Å². The van der Waals surface area contributed by atoms with Gasteiger partial charge < -0.3 is 14.7 Å². The van der Waals surface area contributed by atoms with Gasteiger partial charge in [-0.05, 0) is 43.1 Å². The lowest BCUT2D eigenvalue weighted by molar-refractivity contribution is -0.911. The number of allylic oxidation sites excluding steroid dienone is 1. The molecule has 4 rings (SSSR count). The normalized spacial score (nSPS) is 37.0. The molecule has 1 unspecified atom stereocenters. The maximum Gasteiger partial charge on any atom is 0.315 e. The third-order valence-corrected chi connectivity index (χ3v) is 8.02. The van der Waals surface area contributed by atoms with E-state index in [1.807, 2.05) is 30.3 Å². The van der Waals surface area contributed by atoms with Gasteiger partial charge in [0, 0.05) is 5.92 Å². The van der Waals surface area contributed by atoms with Gasteiger partial charge in [-0.15, -0.1) is 0 Å². The Labute approximate surface area is 174 Å². The Morgan fingerprint density at radius 1 is 1.31 bits per heavy atom. The number of carbonyl (C=O) groups is 1. The lowest BCUT2D eigenvalue weighted by Crippen LogP contribution is -3.14. The fourth-order valence-corrected chi connectivity index (χ4v) is 6.02. The Hall–Kier alpha value is -1.65. The van der Waals surface area contributed by atoms with Crippen molar-refractivity contribution in [1.29, 1.82) is 0 Å². The molecule has 8 atom stereocenters. The van der Waals surface area contributed by atoms with Crippen LogP contribution in [0.5, 0.6) is 0 Å². The lowest BCUT2D eigenvalue weighted by atomic mass is 9.59. The topological polar surface area (TPSA) is 51.0 Å². The summed E-state index contributed by atoms with van der Waals surface area (Å²) in [6.07, 6.45) is 6.59. The maximum atomic E-state index is 12.8. The first-order valence-corrected chi connectivity index (χ1v) is 11.3. The van der Waals surface area contributed by atoms with E-state index < -0.39 is 6.10 Å². The summed E-state index contributed by atoms with van der Waals surface area (Å²) in [5.74, 6) is 0.626. The highest BCUT2D eigenvalue weighted by atomic mass is 16.6. The Balaban J connectivity index is 1.50. The minimum atomic E-state index is -0.546. The number of hydrogen-bond acceptors (Lipinski definition) is 3. The third kappa shape index (κ3) is 3.77. The second-order valence-electron chi connectivity index (χ2n) is 10.0. The van der Waals surface area contributed by atoms with Gasteiger partial charge in [0.2, 0.25) is 0 Å². The van der Waals surface area contributed by atoms with Gasteiger partial charge in [0.1, 0.15) is 24.2 Å². The lowest BCUT2D eigenvalue weighted by Gasteiger charge is -2.46. The number of esters is 1. The van der Waals surface area contributed by atoms with Crippen molar-refractivity contribution in [2.45, 2.75) is 64.7 Å². The number of nitrogens with one attached hydrogen (secondary N) is 1. The molecule has 158 valence electrons. The fourth-order valence-electron chi connectivity index (χ4n) is 6.02. The van der Waals surface area contributed by atoms with Crippen LogP contribution in [0.2, 0.25) is 0 Å². The summed E-state index contributed by atoms with van der Waals surface area (Å²) >= 11 is 0. The van der Waals surface area contributed by atoms with Crippen molar-refractivity contribution in [2.75, 3.05) is 13.6 Å². The number of quaternary nitrogens is 1. The van der Waals surface area contributed by atoms with Crippen LogP contribution < -0.4 is 4.90 Å². The van der Waals surface area contributed by atoms with Crippen molar-refractivity contribution < 1.29 is 19.5 Å². The van der Waals surface area contributed by atoms with Crippen molar-refractivity contribution in [2.24, 2.45) is 23.2 Å². The monoisotopic (exact) mass is 398 g/mol. The van der Waals surface area contributed by atoms with E-state index in [-0.39, 0.29) is 35.4 Å². The van der Waals surface area contributed by atoms with E-state index in [0.717, 1.165) is 12.0 Å². The number of aliphatic hydroxyl groups excluding tert-OH is 1. The predicted octanol–water partition coefficient (Wildman–Crippen LogP) is 2.94. The van der Waals surface area contributed by atoms with Crippen LogP contribution in [-0.2, 0) is 9.53 Å². The Morgan fingerprint density at radius 3 is 2.76 bits per heavy atom. The summed E-state index contributed by atoms with van der Waals surface area (Å²) in [6, 6.07) is 9.80. The average molecular weight is 399 g/mol. The van der Waals surface area contributed by atoms with Crippen LogP contribution in [0.3, 0.4) is 0 Å². The van der Waals surface area contributed by atoms with Gasteiger partial charge in [0.05, 0.1) is 13.6 Å². The van der Waals surface area contributed by atoms with Crippen LogP contribution in [0.1, 0.15) is 58.1 Å². The molecule has 2 aliphatic carbocycles. The molecule has 4 nitrogen and oxygen atoms in total. The Bertz CT molecular complexity index is 776. The molecule has 1 aliphatic heterocycles. The summed E-state index contributed by atoms with van der Waals surface area (Å²) in [6.45, 7) is 7.46. The molecule has 2 fully saturated rings. The van der Waals surface area contributed by atoms with Gasteiger partial charge in [0.25, 0.3) is 0 Å². The molecule has 1 saturated carbocycles. The first-order valence-electron chi connectivity index (χ1n) is 11.3. The first kappa shape index (κ1) is 20.6. The highest BCUT2D eigenvalue weighted by Crippen LogP contribution is 2.53. The predicted molar refractivity (Wildman–Crippen MR) is 113 cm³/mol. The van der Waals surface area contributed by atoms with E-state index >= 15 is 0 Å². The maximum absolute atomic E-state index is 12.8. The van der Waals surface area contributed by atoms with Gasteiger partial charge in [-0.3, -0.25) is 4.79 Å². The molecule has 0 amide bonds. The number of carbonyl (C=O) groups excluding carboxylic acids is 1. The zero-order valence-electron chi connectivity index (χ0n) is 18.2. The largest absolute Gasteiger partial charge is 0.461 e. The first-order chi connectivity index (χ1) is 13.8. The fraction of sp³-hybridized carbons (Fsp3) is 0.640. The molecule has 3 aliphatic rings. The van der Waals surface area contributed by atoms with E-state index in [2.05, 4.69) is 33.9 Å². The molecule has 1 aromatic rings. The molecule has 1 aromatic carbocycles. The zero-order valence-corrected chi connectivity index (χ0v) is 18.2. The van der Waals surface area contributed by atoms with Crippen LogP contribution in [0.4, 0.5) is 0 Å². The molecule has 2 N–H and O–H groups in total. The molecule has 29 heavy (non-hydrogen) atoms. The standard InChI is InChI=1S/C25H35NO3/c1-16-9-8-12-25(3)14-22-19(13-21(16)25)20(24(28)29-22)15-26(4)17(2)23(27)18-10-6-5-7-11-18/h5-7,10-11,13,16-17,19-20,22-23,27H,8-9,12,14-15H2,1-4H3/p+1/t16-,17-,19+,20-,22+,23+,25+/m0/s1. The van der Waals surface area contributed by atoms with Crippen LogP contribution >= 0.6 is 0 Å². The molecule has 1 saturated heterocycles. The number of rotatable bonds is 5. The quantitative estimate of drug-likeness (QED) is 0.592. The number of aliphatic hydroxyl groups is 1. The highest BCUT2D eigenvalue weighted by Gasteiger charge is 2.52. The van der Waals surface area contributed by atoms with E-state index in [1.165, 1.54) is 24.2 Å². The third-order valence-electron chi connectivity index (χ3n) is 8.02. The van der Waals surface area contributed by atoms with Gasteiger partial charge in [0.15, 0.2) is 0 Å². The molecule has 0 aromatic heterocycles. The van der Waals surface area contributed by atoms with Crippen molar-refractivity contribution in [1.82, 2.24) is 0 Å². The molecular formula is C25H36NO3+. The van der Waals surface area contributed by atoms with Crippen molar-refractivity contribution >= 4 is 5.97 Å². The van der Waals surface area contributed by atoms with E-state index in [0.29, 0.717) is 12.5 Å². The molecular weight excluding hydrogens is 362 g/mol. The van der Waals surface area contributed by atoms with E-state index in [4.69, 9.17) is 4.74 Å². The van der Waals surface area contributed by atoms with Gasteiger partial charge in [-0.2, -0.15) is 0 Å². The molecule has 0 bridgehead atoms. The zero-order chi connectivity index (χ0) is 20.8. The SMILES string of the molecule is C[C@H]1CCC[C@]2(C)C[C@H]3OC(=O)[C@@H](C[NH+](C)[C@@H](C)[C@@H](O)c4ccccc4)[C@H]3C=C12. The summed E-state index contributed by atoms with van der Waals surface area (Å²) in [5.41, 5.74) is 2.69. The summed E-state index contributed by atoms with van der Waals surface area (Å²) < 4.78 is 5.89. The van der Waals surface area contributed by atoms with Crippen molar-refractivity contribution in [3.8, 4) is 0 Å². The number of benzene rings is 1. The second-order valence-corrected chi connectivity index (χ2v) is 10.0. The van der Waals surface area contributed by atoms with Crippen LogP contribution in [0.15, 0.2) is 42.0 Å². The summed E-state index contributed by atoms with van der Waals surface area (Å²) in [7, 11) is 2.08. The van der Waals surface area contributed by atoms with E-state index in [1.54, 1.807) is 5.57 Å². The summed E-state index contributed by atoms with van der Waals surface area (Å²) in [5, 5.41) is 10.8. The molecule has 4 heteroatoms.